The van der Waals surface area contributed by atoms with E-state index in [2.05, 4.69) is 19.1 Å². The Labute approximate surface area is 123 Å². The molecule has 0 aliphatic carbocycles. The quantitative estimate of drug-likeness (QED) is 0.282. The second kappa shape index (κ2) is 17.7. The molecule has 0 aromatic carbocycles. The molecule has 0 aromatic rings. The van der Waals surface area contributed by atoms with Crippen LogP contribution in [0.4, 0.5) is 0 Å². The van der Waals surface area contributed by atoms with Crippen molar-refractivity contribution in [3.05, 3.63) is 12.2 Å². The maximum Gasteiger partial charge on any atom is 1.00 e. The van der Waals surface area contributed by atoms with Crippen molar-refractivity contribution in [2.24, 2.45) is 5.73 Å². The highest BCUT2D eigenvalue weighted by Crippen LogP contribution is 2.09. The van der Waals surface area contributed by atoms with Gasteiger partial charge in [0, 0.05) is 0 Å². The Morgan fingerprint density at radius 2 is 1.05 bits per heavy atom. The zero-order chi connectivity index (χ0) is 14.0. The summed E-state index contributed by atoms with van der Waals surface area (Å²) in [5, 5.41) is 0. The van der Waals surface area contributed by atoms with Gasteiger partial charge in [0.1, 0.15) is 0 Å². The van der Waals surface area contributed by atoms with Gasteiger partial charge in [0.15, 0.2) is 0 Å². The molecule has 0 bridgehead atoms. The molecule has 0 unspecified atom stereocenters. The molecule has 0 atom stereocenters. The van der Waals surface area contributed by atoms with Crippen LogP contribution in [0.25, 0.3) is 0 Å². The predicted octanol–water partition coefficient (Wildman–Crippen LogP) is 6.10. The van der Waals surface area contributed by atoms with Crippen LogP contribution >= 0.6 is 0 Å². The summed E-state index contributed by atoms with van der Waals surface area (Å²) in [4.78, 5) is 0. The Balaban J connectivity index is 0. The summed E-state index contributed by atoms with van der Waals surface area (Å²) in [6, 6.07) is 0. The van der Waals surface area contributed by atoms with Crippen molar-refractivity contribution in [2.75, 3.05) is 6.54 Å². The first kappa shape index (κ1) is 18.7. The molecule has 1 nitrogen and oxygen atoms in total. The zero-order valence-corrected chi connectivity index (χ0v) is 13.3. The van der Waals surface area contributed by atoms with Gasteiger partial charge in [0.2, 0.25) is 0 Å². The Bertz CT molecular complexity index is 180. The lowest BCUT2D eigenvalue weighted by molar-refractivity contribution is 0.599. The molecule has 0 radical (unpaired) electrons. The van der Waals surface area contributed by atoms with Gasteiger partial charge < -0.3 is 5.73 Å². The number of hydrogen-bond donors (Lipinski definition) is 1. The average molecular weight is 269 g/mol. The van der Waals surface area contributed by atoms with E-state index in [1.165, 1.54) is 89.9 Å². The maximum atomic E-state index is 5.47. The standard InChI is InChI=1S/C18H37N/c1-2-3-4-5-6-7-8-9-10-11-12-13-14-15-16-17-18-19/h9-10H,2-8,11-19H2,1H3/p+1/b10-9-. The first-order chi connectivity index (χ1) is 9.41. The smallest absolute Gasteiger partial charge is 0.330 e. The summed E-state index contributed by atoms with van der Waals surface area (Å²) in [7, 11) is 0. The van der Waals surface area contributed by atoms with Gasteiger partial charge in [0.05, 0.1) is 0 Å². The van der Waals surface area contributed by atoms with E-state index >= 15 is 0 Å². The largest absolute Gasteiger partial charge is 1.00 e. The van der Waals surface area contributed by atoms with Gasteiger partial charge >= 0.3 is 1.43 Å². The number of rotatable bonds is 15. The van der Waals surface area contributed by atoms with E-state index in [1.807, 2.05) is 0 Å². The van der Waals surface area contributed by atoms with Crippen molar-refractivity contribution in [1.82, 2.24) is 0 Å². The first-order valence-electron chi connectivity index (χ1n) is 8.77. The molecule has 0 rings (SSSR count). The third kappa shape index (κ3) is 17.7. The van der Waals surface area contributed by atoms with Gasteiger partial charge in [-0.2, -0.15) is 0 Å². The molecular weight excluding hydrogens is 230 g/mol. The molecule has 0 aromatic heterocycles. The van der Waals surface area contributed by atoms with E-state index in [4.69, 9.17) is 5.73 Å². The van der Waals surface area contributed by atoms with E-state index in [0.29, 0.717) is 0 Å². The lowest BCUT2D eigenvalue weighted by atomic mass is 10.1. The molecule has 2 N–H and O–H groups in total. The highest BCUT2D eigenvalue weighted by atomic mass is 14.5. The van der Waals surface area contributed by atoms with Gasteiger partial charge in [-0.25, -0.2) is 0 Å². The fraction of sp³-hybridized carbons (Fsp3) is 0.889. The number of allylic oxidation sites excluding steroid dienone is 2. The van der Waals surface area contributed by atoms with Crippen LogP contribution in [-0.2, 0) is 0 Å². The molecule has 19 heavy (non-hydrogen) atoms. The Morgan fingerprint density at radius 3 is 1.53 bits per heavy atom. The van der Waals surface area contributed by atoms with Crippen LogP contribution in [0.1, 0.15) is 98.2 Å². The number of nitrogens with two attached hydrogens (primary N) is 1. The van der Waals surface area contributed by atoms with Crippen LogP contribution in [0.2, 0.25) is 0 Å². The van der Waals surface area contributed by atoms with Crippen LogP contribution in [0.3, 0.4) is 0 Å². The molecule has 1 heteroatoms. The molecular formula is C18H38N+. The van der Waals surface area contributed by atoms with Crippen LogP contribution < -0.4 is 5.73 Å². The Hall–Kier alpha value is -0.300. The minimum atomic E-state index is 0. The van der Waals surface area contributed by atoms with Gasteiger partial charge in [-0.05, 0) is 38.6 Å². The zero-order valence-electron chi connectivity index (χ0n) is 14.3. The summed E-state index contributed by atoms with van der Waals surface area (Å²) >= 11 is 0. The predicted molar refractivity (Wildman–Crippen MR) is 89.6 cm³/mol. The topological polar surface area (TPSA) is 26.0 Å². The molecule has 0 saturated carbocycles. The van der Waals surface area contributed by atoms with E-state index < -0.39 is 0 Å². The molecule has 0 heterocycles. The Morgan fingerprint density at radius 1 is 0.632 bits per heavy atom. The second-order valence-corrected chi connectivity index (χ2v) is 5.73. The summed E-state index contributed by atoms with van der Waals surface area (Å²) in [6.07, 6.45) is 23.9. The van der Waals surface area contributed by atoms with Gasteiger partial charge in [-0.15, -0.1) is 0 Å². The van der Waals surface area contributed by atoms with Crippen LogP contribution in [0, 0.1) is 0 Å². The highest BCUT2D eigenvalue weighted by Gasteiger charge is 1.90. The number of hydrogen-bond acceptors (Lipinski definition) is 1. The van der Waals surface area contributed by atoms with Gasteiger partial charge in [-0.1, -0.05) is 76.9 Å². The third-order valence-corrected chi connectivity index (χ3v) is 3.72. The Kier molecular flexibility index (Phi) is 17.4. The lowest BCUT2D eigenvalue weighted by Gasteiger charge is -1.99. The summed E-state index contributed by atoms with van der Waals surface area (Å²) in [5.41, 5.74) is 5.47. The molecule has 114 valence electrons. The molecule has 0 fully saturated rings. The van der Waals surface area contributed by atoms with Crippen molar-refractivity contribution < 1.29 is 1.43 Å². The third-order valence-electron chi connectivity index (χ3n) is 3.72. The molecule has 0 spiro atoms. The molecule has 0 aliphatic heterocycles. The van der Waals surface area contributed by atoms with E-state index in [1.54, 1.807) is 0 Å². The van der Waals surface area contributed by atoms with Crippen LogP contribution in [0.15, 0.2) is 12.2 Å². The minimum absolute atomic E-state index is 0. The van der Waals surface area contributed by atoms with E-state index in [0.717, 1.165) is 6.54 Å². The monoisotopic (exact) mass is 268 g/mol. The van der Waals surface area contributed by atoms with Crippen LogP contribution in [-0.4, -0.2) is 6.54 Å². The first-order valence-corrected chi connectivity index (χ1v) is 8.77. The minimum Gasteiger partial charge on any atom is -0.330 e. The highest BCUT2D eigenvalue weighted by molar-refractivity contribution is 4.81. The van der Waals surface area contributed by atoms with Crippen molar-refractivity contribution in [2.45, 2.75) is 96.8 Å². The average Bonchev–Trinajstić information content (AvgIpc) is 2.43. The number of unbranched alkanes of at least 4 members (excludes halogenated alkanes) is 12. The van der Waals surface area contributed by atoms with Crippen molar-refractivity contribution in [3.63, 3.8) is 0 Å². The molecule has 0 aliphatic rings. The summed E-state index contributed by atoms with van der Waals surface area (Å²) < 4.78 is 0. The summed E-state index contributed by atoms with van der Waals surface area (Å²) in [5.74, 6) is 0. The van der Waals surface area contributed by atoms with Crippen LogP contribution in [0.5, 0.6) is 0 Å². The maximum absolute atomic E-state index is 5.47. The SMILES string of the molecule is CCCCCCCC/C=C\CCCCCCCCN.[H+]. The van der Waals surface area contributed by atoms with Gasteiger partial charge in [0.25, 0.3) is 0 Å². The van der Waals surface area contributed by atoms with Crippen molar-refractivity contribution in [3.8, 4) is 0 Å². The molecule has 0 saturated heterocycles. The lowest BCUT2D eigenvalue weighted by Crippen LogP contribution is -1.97. The fourth-order valence-corrected chi connectivity index (χ4v) is 2.39. The normalized spacial score (nSPS) is 11.5. The summed E-state index contributed by atoms with van der Waals surface area (Å²) in [6.45, 7) is 3.14. The molecule has 0 amide bonds. The van der Waals surface area contributed by atoms with Crippen molar-refractivity contribution in [1.29, 1.82) is 0 Å². The van der Waals surface area contributed by atoms with E-state index in [9.17, 15) is 0 Å². The van der Waals surface area contributed by atoms with Gasteiger partial charge in [-0.3, -0.25) is 0 Å². The van der Waals surface area contributed by atoms with E-state index in [-0.39, 0.29) is 1.43 Å². The van der Waals surface area contributed by atoms with Crippen molar-refractivity contribution >= 4 is 0 Å². The second-order valence-electron chi connectivity index (χ2n) is 5.73. The fourth-order valence-electron chi connectivity index (χ4n) is 2.39.